The van der Waals surface area contributed by atoms with E-state index in [1.54, 1.807) is 11.8 Å². The normalized spacial score (nSPS) is 18.6. The van der Waals surface area contributed by atoms with Gasteiger partial charge in [-0.1, -0.05) is 24.1 Å². The highest BCUT2D eigenvalue weighted by molar-refractivity contribution is 7.99. The van der Waals surface area contributed by atoms with E-state index in [9.17, 15) is 4.79 Å². The second-order valence-electron chi connectivity index (χ2n) is 4.93. The molecular weight excluding hydrogens is 242 g/mol. The zero-order valence-electron chi connectivity index (χ0n) is 11.2. The summed E-state index contributed by atoms with van der Waals surface area (Å²) in [6.45, 7) is 5.14. The first-order valence-corrected chi connectivity index (χ1v) is 7.57. The van der Waals surface area contributed by atoms with E-state index < -0.39 is 0 Å². The Kier molecular flexibility index (Phi) is 4.70. The number of carbonyl (C=O) groups is 1. The van der Waals surface area contributed by atoms with E-state index in [1.807, 2.05) is 4.90 Å². The summed E-state index contributed by atoms with van der Waals surface area (Å²) in [6.07, 6.45) is 4.10. The summed E-state index contributed by atoms with van der Waals surface area (Å²) in [4.78, 5) is 15.3. The van der Waals surface area contributed by atoms with Gasteiger partial charge in [0.05, 0.1) is 5.37 Å². The lowest BCUT2D eigenvalue weighted by atomic mass is 10.2. The number of benzene rings is 1. The Balaban J connectivity index is 1.99. The number of thioether (sulfide) groups is 1. The van der Waals surface area contributed by atoms with Gasteiger partial charge in [0.15, 0.2) is 0 Å². The Hall–Kier alpha value is -0.960. The van der Waals surface area contributed by atoms with Crippen LogP contribution in [0.1, 0.15) is 38.2 Å². The van der Waals surface area contributed by atoms with Crippen molar-refractivity contribution in [3.8, 4) is 0 Å². The molecular formula is C15H21NOS. The Bertz CT molecular complexity index is 401. The van der Waals surface area contributed by atoms with E-state index >= 15 is 0 Å². The lowest BCUT2D eigenvalue weighted by molar-refractivity contribution is -0.131. The number of carbonyl (C=O) groups excluding carboxylic acids is 1. The van der Waals surface area contributed by atoms with Gasteiger partial charge in [0.1, 0.15) is 0 Å². The highest BCUT2D eigenvalue weighted by atomic mass is 32.2. The molecule has 1 heterocycles. The number of hydrogen-bond acceptors (Lipinski definition) is 2. The molecule has 2 nitrogen and oxygen atoms in total. The molecule has 18 heavy (non-hydrogen) atoms. The van der Waals surface area contributed by atoms with E-state index in [0.717, 1.165) is 25.8 Å². The third kappa shape index (κ3) is 3.52. The van der Waals surface area contributed by atoms with Crippen LogP contribution in [-0.2, 0) is 4.79 Å². The molecule has 2 rings (SSSR count). The van der Waals surface area contributed by atoms with Crippen molar-refractivity contribution in [3.05, 3.63) is 29.8 Å². The quantitative estimate of drug-likeness (QED) is 0.772. The second kappa shape index (κ2) is 6.28. The minimum atomic E-state index is 0.235. The molecule has 0 aliphatic carbocycles. The van der Waals surface area contributed by atoms with Gasteiger partial charge in [0.25, 0.3) is 0 Å². The average molecular weight is 263 g/mol. The molecule has 1 unspecified atom stereocenters. The van der Waals surface area contributed by atoms with Gasteiger partial charge in [-0.05, 0) is 38.8 Å². The zero-order chi connectivity index (χ0) is 13.0. The lowest BCUT2D eigenvalue weighted by Crippen LogP contribution is -2.36. The van der Waals surface area contributed by atoms with Gasteiger partial charge in [-0.3, -0.25) is 4.79 Å². The van der Waals surface area contributed by atoms with Crippen molar-refractivity contribution in [2.75, 3.05) is 6.54 Å². The minimum absolute atomic E-state index is 0.235. The average Bonchev–Trinajstić information content (AvgIpc) is 2.57. The van der Waals surface area contributed by atoms with Crippen molar-refractivity contribution in [1.82, 2.24) is 4.90 Å². The summed E-state index contributed by atoms with van der Waals surface area (Å²) < 4.78 is 0. The van der Waals surface area contributed by atoms with Gasteiger partial charge in [-0.15, -0.1) is 11.8 Å². The smallest absolute Gasteiger partial charge is 0.223 e. The van der Waals surface area contributed by atoms with Crippen LogP contribution in [0, 0.1) is 6.92 Å². The van der Waals surface area contributed by atoms with Gasteiger partial charge >= 0.3 is 0 Å². The van der Waals surface area contributed by atoms with Crippen molar-refractivity contribution >= 4 is 17.7 Å². The highest BCUT2D eigenvalue weighted by Crippen LogP contribution is 2.27. The van der Waals surface area contributed by atoms with Gasteiger partial charge in [0.2, 0.25) is 5.91 Å². The van der Waals surface area contributed by atoms with Gasteiger partial charge in [-0.2, -0.15) is 0 Å². The Morgan fingerprint density at radius 1 is 1.17 bits per heavy atom. The Morgan fingerprint density at radius 2 is 1.89 bits per heavy atom. The number of nitrogens with zero attached hydrogens (tertiary/aromatic N) is 1. The number of aryl methyl sites for hydroxylation is 1. The summed E-state index contributed by atoms with van der Waals surface area (Å²) in [5, 5.41) is 0.235. The van der Waals surface area contributed by atoms with Crippen molar-refractivity contribution in [1.29, 1.82) is 0 Å². The number of rotatable bonds is 3. The maximum Gasteiger partial charge on any atom is 0.223 e. The zero-order valence-corrected chi connectivity index (χ0v) is 12.0. The van der Waals surface area contributed by atoms with Gasteiger partial charge in [-0.25, -0.2) is 0 Å². The summed E-state index contributed by atoms with van der Waals surface area (Å²) in [5.74, 6) is 0.319. The number of amides is 1. The van der Waals surface area contributed by atoms with E-state index in [0.29, 0.717) is 5.91 Å². The predicted octanol–water partition coefficient (Wildman–Crippen LogP) is 3.84. The first kappa shape index (κ1) is 13.5. The van der Waals surface area contributed by atoms with E-state index in [2.05, 4.69) is 38.1 Å². The van der Waals surface area contributed by atoms with E-state index in [4.69, 9.17) is 0 Å². The lowest BCUT2D eigenvalue weighted by Gasteiger charge is -2.27. The molecule has 0 bridgehead atoms. The summed E-state index contributed by atoms with van der Waals surface area (Å²) in [6, 6.07) is 8.52. The monoisotopic (exact) mass is 263 g/mol. The molecule has 1 aromatic rings. The van der Waals surface area contributed by atoms with Crippen molar-refractivity contribution < 1.29 is 4.79 Å². The topological polar surface area (TPSA) is 20.3 Å². The van der Waals surface area contributed by atoms with Crippen LogP contribution in [-0.4, -0.2) is 22.7 Å². The molecule has 0 spiro atoms. The SMILES string of the molecule is Cc1ccc(SC(C)N2CCCCCC2=O)cc1. The fraction of sp³-hybridized carbons (Fsp3) is 0.533. The molecule has 98 valence electrons. The summed E-state index contributed by atoms with van der Waals surface area (Å²) in [7, 11) is 0. The third-order valence-corrected chi connectivity index (χ3v) is 4.52. The number of hydrogen-bond donors (Lipinski definition) is 0. The summed E-state index contributed by atoms with van der Waals surface area (Å²) in [5.41, 5.74) is 1.28. The second-order valence-corrected chi connectivity index (χ2v) is 6.32. The fourth-order valence-corrected chi connectivity index (χ4v) is 3.30. The molecule has 0 saturated carbocycles. The van der Waals surface area contributed by atoms with Gasteiger partial charge < -0.3 is 4.90 Å². The van der Waals surface area contributed by atoms with Crippen LogP contribution in [0.4, 0.5) is 0 Å². The molecule has 1 saturated heterocycles. The van der Waals surface area contributed by atoms with Crippen molar-refractivity contribution in [3.63, 3.8) is 0 Å². The van der Waals surface area contributed by atoms with Crippen LogP contribution in [0.2, 0.25) is 0 Å². The molecule has 1 aliphatic heterocycles. The first-order chi connectivity index (χ1) is 8.66. The molecule has 0 N–H and O–H groups in total. The van der Waals surface area contributed by atoms with Crippen molar-refractivity contribution in [2.24, 2.45) is 0 Å². The van der Waals surface area contributed by atoms with Crippen LogP contribution in [0.25, 0.3) is 0 Å². The molecule has 1 amide bonds. The first-order valence-electron chi connectivity index (χ1n) is 6.69. The largest absolute Gasteiger partial charge is 0.331 e. The third-order valence-electron chi connectivity index (χ3n) is 3.38. The van der Waals surface area contributed by atoms with Crippen LogP contribution in [0.15, 0.2) is 29.2 Å². The molecule has 3 heteroatoms. The minimum Gasteiger partial charge on any atom is -0.331 e. The van der Waals surface area contributed by atoms with Gasteiger partial charge in [0, 0.05) is 17.9 Å². The standard InChI is InChI=1S/C15H21NOS/c1-12-7-9-14(10-8-12)18-13(2)16-11-5-3-4-6-15(16)17/h7-10,13H,3-6,11H2,1-2H3. The van der Waals surface area contributed by atoms with Crippen LogP contribution in [0.3, 0.4) is 0 Å². The summed E-state index contributed by atoms with van der Waals surface area (Å²) >= 11 is 1.78. The van der Waals surface area contributed by atoms with E-state index in [-0.39, 0.29) is 5.37 Å². The van der Waals surface area contributed by atoms with E-state index in [1.165, 1.54) is 16.9 Å². The molecule has 0 aromatic heterocycles. The molecule has 1 aromatic carbocycles. The number of likely N-dealkylation sites (tertiary alicyclic amines) is 1. The maximum atomic E-state index is 12.0. The predicted molar refractivity (Wildman–Crippen MR) is 76.7 cm³/mol. The fourth-order valence-electron chi connectivity index (χ4n) is 2.27. The Labute approximate surface area is 114 Å². The highest BCUT2D eigenvalue weighted by Gasteiger charge is 2.22. The maximum absolute atomic E-state index is 12.0. The van der Waals surface area contributed by atoms with Crippen LogP contribution >= 0.6 is 11.8 Å². The molecule has 0 radical (unpaired) electrons. The molecule has 1 fully saturated rings. The Morgan fingerprint density at radius 3 is 2.61 bits per heavy atom. The molecule has 1 atom stereocenters. The van der Waals surface area contributed by atoms with Crippen LogP contribution in [0.5, 0.6) is 0 Å². The molecule has 1 aliphatic rings. The van der Waals surface area contributed by atoms with Crippen molar-refractivity contribution in [2.45, 2.75) is 49.8 Å². The van der Waals surface area contributed by atoms with Crippen LogP contribution < -0.4 is 0 Å².